The van der Waals surface area contributed by atoms with Gasteiger partial charge in [0.15, 0.2) is 11.5 Å². The van der Waals surface area contributed by atoms with E-state index in [0.717, 1.165) is 56.0 Å². The maximum atomic E-state index is 8.71. The lowest BCUT2D eigenvalue weighted by Crippen LogP contribution is -2.15. The molecule has 0 bridgehead atoms. The fourth-order valence-electron chi connectivity index (χ4n) is 1.98. The van der Waals surface area contributed by atoms with E-state index in [1.807, 2.05) is 12.1 Å². The van der Waals surface area contributed by atoms with Gasteiger partial charge in [-0.05, 0) is 25.5 Å². The van der Waals surface area contributed by atoms with Crippen LogP contribution in [-0.2, 0) is 6.54 Å². The maximum absolute atomic E-state index is 8.71. The topological polar surface area (TPSA) is 50.7 Å². The van der Waals surface area contributed by atoms with Crippen molar-refractivity contribution in [2.45, 2.75) is 25.8 Å². The first-order valence-corrected chi connectivity index (χ1v) is 6.61. The van der Waals surface area contributed by atoms with E-state index < -0.39 is 0 Å². The first kappa shape index (κ1) is 13.2. The summed E-state index contributed by atoms with van der Waals surface area (Å²) in [6, 6.07) is 6.01. The predicted molar refractivity (Wildman–Crippen MR) is 70.1 cm³/mol. The summed E-state index contributed by atoms with van der Waals surface area (Å²) in [4.78, 5) is 0. The summed E-state index contributed by atoms with van der Waals surface area (Å²) in [5.74, 6) is 1.73. The summed E-state index contributed by atoms with van der Waals surface area (Å²) in [6.45, 7) is 3.39. The predicted octanol–water partition coefficient (Wildman–Crippen LogP) is 1.71. The molecule has 1 aromatic rings. The largest absolute Gasteiger partial charge is 0.490 e. The number of unbranched alkanes of at least 4 members (excludes halogenated alkanes) is 1. The Kier molecular flexibility index (Phi) is 5.30. The van der Waals surface area contributed by atoms with Crippen LogP contribution in [0.15, 0.2) is 18.2 Å². The molecule has 0 aromatic heterocycles. The molecule has 1 aliphatic rings. The zero-order valence-corrected chi connectivity index (χ0v) is 10.7. The third-order valence-electron chi connectivity index (χ3n) is 2.93. The Balaban J connectivity index is 1.91. The molecule has 1 aromatic carbocycles. The Morgan fingerprint density at radius 2 is 2.06 bits per heavy atom. The number of aliphatic hydroxyl groups is 1. The van der Waals surface area contributed by atoms with Crippen LogP contribution in [0.1, 0.15) is 24.8 Å². The van der Waals surface area contributed by atoms with Crippen LogP contribution in [-0.4, -0.2) is 31.5 Å². The number of nitrogens with one attached hydrogen (secondary N) is 1. The molecule has 0 radical (unpaired) electrons. The molecule has 4 heteroatoms. The van der Waals surface area contributed by atoms with Gasteiger partial charge in [-0.1, -0.05) is 12.1 Å². The van der Waals surface area contributed by atoms with Crippen molar-refractivity contribution < 1.29 is 14.6 Å². The van der Waals surface area contributed by atoms with Crippen LogP contribution >= 0.6 is 0 Å². The van der Waals surface area contributed by atoms with Gasteiger partial charge in [0.1, 0.15) is 0 Å². The van der Waals surface area contributed by atoms with Gasteiger partial charge in [-0.15, -0.1) is 0 Å². The van der Waals surface area contributed by atoms with Gasteiger partial charge in [0.2, 0.25) is 0 Å². The standard InChI is InChI=1S/C14H21NO3/c16-8-2-1-7-15-11-12-5-3-6-13-14(12)18-10-4-9-17-13/h3,5-6,15-16H,1-2,4,7-11H2. The van der Waals surface area contributed by atoms with Gasteiger partial charge in [0.25, 0.3) is 0 Å². The van der Waals surface area contributed by atoms with Crippen LogP contribution in [0.4, 0.5) is 0 Å². The lowest BCUT2D eigenvalue weighted by molar-refractivity contribution is 0.283. The highest BCUT2D eigenvalue weighted by atomic mass is 16.5. The van der Waals surface area contributed by atoms with Crippen molar-refractivity contribution in [1.29, 1.82) is 0 Å². The van der Waals surface area contributed by atoms with Crippen molar-refractivity contribution in [2.24, 2.45) is 0 Å². The van der Waals surface area contributed by atoms with E-state index in [9.17, 15) is 0 Å². The number of para-hydroxylation sites is 1. The fraction of sp³-hybridized carbons (Fsp3) is 0.571. The first-order valence-electron chi connectivity index (χ1n) is 6.61. The van der Waals surface area contributed by atoms with Gasteiger partial charge in [-0.3, -0.25) is 0 Å². The van der Waals surface area contributed by atoms with Crippen LogP contribution in [0.2, 0.25) is 0 Å². The van der Waals surface area contributed by atoms with E-state index in [2.05, 4.69) is 11.4 Å². The summed E-state index contributed by atoms with van der Waals surface area (Å²) in [7, 11) is 0. The van der Waals surface area contributed by atoms with Gasteiger partial charge < -0.3 is 19.9 Å². The lowest BCUT2D eigenvalue weighted by atomic mass is 10.2. The van der Waals surface area contributed by atoms with Crippen LogP contribution < -0.4 is 14.8 Å². The van der Waals surface area contributed by atoms with E-state index in [1.165, 1.54) is 0 Å². The molecule has 0 spiro atoms. The van der Waals surface area contributed by atoms with Gasteiger partial charge in [0.05, 0.1) is 13.2 Å². The second-order valence-electron chi connectivity index (χ2n) is 4.40. The average Bonchev–Trinajstić information content (AvgIpc) is 2.64. The van der Waals surface area contributed by atoms with Gasteiger partial charge in [-0.25, -0.2) is 0 Å². The number of aliphatic hydroxyl groups excluding tert-OH is 1. The fourth-order valence-corrected chi connectivity index (χ4v) is 1.98. The molecule has 0 amide bonds. The number of hydrogen-bond acceptors (Lipinski definition) is 4. The number of ether oxygens (including phenoxy) is 2. The Labute approximate surface area is 108 Å². The summed E-state index contributed by atoms with van der Waals surface area (Å²) in [5.41, 5.74) is 1.14. The van der Waals surface area contributed by atoms with Gasteiger partial charge in [-0.2, -0.15) is 0 Å². The minimum Gasteiger partial charge on any atom is -0.490 e. The molecule has 2 rings (SSSR count). The van der Waals surface area contributed by atoms with Crippen molar-refractivity contribution in [1.82, 2.24) is 5.32 Å². The van der Waals surface area contributed by atoms with Crippen LogP contribution in [0.3, 0.4) is 0 Å². The lowest BCUT2D eigenvalue weighted by Gasteiger charge is -2.12. The molecule has 0 unspecified atom stereocenters. The maximum Gasteiger partial charge on any atom is 0.165 e. The highest BCUT2D eigenvalue weighted by Crippen LogP contribution is 2.32. The zero-order chi connectivity index (χ0) is 12.6. The molecule has 0 fully saturated rings. The summed E-state index contributed by atoms with van der Waals surface area (Å²) >= 11 is 0. The van der Waals surface area contributed by atoms with Crippen LogP contribution in [0.5, 0.6) is 11.5 Å². The molecular formula is C14H21NO3. The van der Waals surface area contributed by atoms with Crippen LogP contribution in [0, 0.1) is 0 Å². The Morgan fingerprint density at radius 1 is 1.17 bits per heavy atom. The molecule has 1 heterocycles. The Bertz CT molecular complexity index is 368. The van der Waals surface area contributed by atoms with Gasteiger partial charge in [0, 0.05) is 25.1 Å². The minimum absolute atomic E-state index is 0.263. The third kappa shape index (κ3) is 3.62. The van der Waals surface area contributed by atoms with E-state index in [-0.39, 0.29) is 6.61 Å². The Morgan fingerprint density at radius 3 is 2.94 bits per heavy atom. The second kappa shape index (κ2) is 7.24. The molecule has 0 saturated carbocycles. The normalized spacial score (nSPS) is 14.3. The highest BCUT2D eigenvalue weighted by molar-refractivity contribution is 5.46. The molecule has 2 N–H and O–H groups in total. The first-order chi connectivity index (χ1) is 8.92. The summed E-state index contributed by atoms with van der Waals surface area (Å²) in [6.07, 6.45) is 2.76. The van der Waals surface area contributed by atoms with Crippen molar-refractivity contribution in [3.8, 4) is 11.5 Å². The molecule has 100 valence electrons. The van der Waals surface area contributed by atoms with E-state index >= 15 is 0 Å². The molecule has 0 aliphatic carbocycles. The average molecular weight is 251 g/mol. The van der Waals surface area contributed by atoms with E-state index in [4.69, 9.17) is 14.6 Å². The van der Waals surface area contributed by atoms with E-state index in [1.54, 1.807) is 0 Å². The van der Waals surface area contributed by atoms with Crippen molar-refractivity contribution >= 4 is 0 Å². The van der Waals surface area contributed by atoms with E-state index in [0.29, 0.717) is 6.61 Å². The number of hydrogen-bond donors (Lipinski definition) is 2. The van der Waals surface area contributed by atoms with Crippen molar-refractivity contribution in [3.05, 3.63) is 23.8 Å². The molecular weight excluding hydrogens is 230 g/mol. The summed E-state index contributed by atoms with van der Waals surface area (Å²) in [5, 5.41) is 12.1. The van der Waals surface area contributed by atoms with Crippen molar-refractivity contribution in [3.63, 3.8) is 0 Å². The number of rotatable bonds is 6. The molecule has 0 atom stereocenters. The smallest absolute Gasteiger partial charge is 0.165 e. The number of fused-ring (bicyclic) bond motifs is 1. The molecule has 0 saturated heterocycles. The summed E-state index contributed by atoms with van der Waals surface area (Å²) < 4.78 is 11.4. The molecule has 1 aliphatic heterocycles. The second-order valence-corrected chi connectivity index (χ2v) is 4.40. The minimum atomic E-state index is 0.263. The molecule has 4 nitrogen and oxygen atoms in total. The van der Waals surface area contributed by atoms with Crippen LogP contribution in [0.25, 0.3) is 0 Å². The number of benzene rings is 1. The quantitative estimate of drug-likeness (QED) is 0.756. The molecule has 18 heavy (non-hydrogen) atoms. The highest BCUT2D eigenvalue weighted by Gasteiger charge is 2.13. The van der Waals surface area contributed by atoms with Crippen molar-refractivity contribution in [2.75, 3.05) is 26.4 Å². The zero-order valence-electron chi connectivity index (χ0n) is 10.7. The third-order valence-corrected chi connectivity index (χ3v) is 2.93. The SMILES string of the molecule is OCCCCNCc1cccc2c1OCCCO2. The Hall–Kier alpha value is -1.26. The van der Waals surface area contributed by atoms with Gasteiger partial charge >= 0.3 is 0 Å². The monoisotopic (exact) mass is 251 g/mol.